The first-order valence-electron chi connectivity index (χ1n) is 5.55. The van der Waals surface area contributed by atoms with Crippen LogP contribution in [0, 0.1) is 0 Å². The van der Waals surface area contributed by atoms with Crippen molar-refractivity contribution in [2.75, 3.05) is 20.6 Å². The van der Waals surface area contributed by atoms with Crippen molar-refractivity contribution in [2.24, 2.45) is 0 Å². The van der Waals surface area contributed by atoms with Crippen LogP contribution in [0.1, 0.15) is 19.4 Å². The lowest BCUT2D eigenvalue weighted by Crippen LogP contribution is -2.46. The molecule has 16 heavy (non-hydrogen) atoms. The minimum absolute atomic E-state index is 0.154. The zero-order chi connectivity index (χ0) is 12.2. The maximum absolute atomic E-state index is 3.50. The van der Waals surface area contributed by atoms with E-state index in [1.807, 2.05) is 7.05 Å². The maximum atomic E-state index is 3.50. The molecule has 3 heteroatoms. The fourth-order valence-corrected chi connectivity index (χ4v) is 2.20. The van der Waals surface area contributed by atoms with Crippen molar-refractivity contribution >= 4 is 15.9 Å². The van der Waals surface area contributed by atoms with Gasteiger partial charge in [0.2, 0.25) is 0 Å². The zero-order valence-corrected chi connectivity index (χ0v) is 12.1. The van der Waals surface area contributed by atoms with Crippen LogP contribution in [0.5, 0.6) is 0 Å². The number of benzene rings is 1. The molecule has 0 spiro atoms. The highest BCUT2D eigenvalue weighted by molar-refractivity contribution is 9.10. The minimum Gasteiger partial charge on any atom is -0.314 e. The van der Waals surface area contributed by atoms with Crippen LogP contribution in [0.3, 0.4) is 0 Å². The molecule has 1 rings (SSSR count). The van der Waals surface area contributed by atoms with Crippen LogP contribution >= 0.6 is 15.9 Å². The van der Waals surface area contributed by atoms with E-state index in [1.165, 1.54) is 5.56 Å². The molecule has 0 atom stereocenters. The summed E-state index contributed by atoms with van der Waals surface area (Å²) < 4.78 is 1.14. The maximum Gasteiger partial charge on any atom is 0.0249 e. The molecule has 0 saturated heterocycles. The second-order valence-corrected chi connectivity index (χ2v) is 5.85. The first-order chi connectivity index (χ1) is 7.43. The van der Waals surface area contributed by atoms with Gasteiger partial charge in [-0.2, -0.15) is 0 Å². The molecule has 2 nitrogen and oxygen atoms in total. The fourth-order valence-electron chi connectivity index (χ4n) is 1.76. The summed E-state index contributed by atoms with van der Waals surface area (Å²) in [6.45, 7) is 6.43. The second-order valence-electron chi connectivity index (χ2n) is 4.94. The molecule has 0 radical (unpaired) electrons. The Morgan fingerprint density at radius 1 is 1.38 bits per heavy atom. The Kier molecular flexibility index (Phi) is 4.96. The van der Waals surface area contributed by atoms with Crippen molar-refractivity contribution in [1.29, 1.82) is 0 Å². The molecule has 0 aliphatic heterocycles. The molecule has 0 aliphatic carbocycles. The molecule has 0 fully saturated rings. The van der Waals surface area contributed by atoms with Gasteiger partial charge in [-0.15, -0.1) is 0 Å². The van der Waals surface area contributed by atoms with E-state index in [1.54, 1.807) is 0 Å². The van der Waals surface area contributed by atoms with Crippen molar-refractivity contribution in [3.05, 3.63) is 34.3 Å². The summed E-state index contributed by atoms with van der Waals surface area (Å²) in [5.41, 5.74) is 1.49. The smallest absolute Gasteiger partial charge is 0.0249 e. The number of nitrogens with one attached hydrogen (secondary N) is 1. The third-order valence-corrected chi connectivity index (χ3v) is 3.18. The summed E-state index contributed by atoms with van der Waals surface area (Å²) in [7, 11) is 4.16. The van der Waals surface area contributed by atoms with E-state index in [0.717, 1.165) is 17.6 Å². The van der Waals surface area contributed by atoms with Gasteiger partial charge in [0.25, 0.3) is 0 Å². The Morgan fingerprint density at radius 3 is 2.62 bits per heavy atom. The van der Waals surface area contributed by atoms with Gasteiger partial charge < -0.3 is 10.2 Å². The van der Waals surface area contributed by atoms with E-state index < -0.39 is 0 Å². The number of likely N-dealkylation sites (N-methyl/N-ethyl adjacent to an activating group) is 2. The van der Waals surface area contributed by atoms with Gasteiger partial charge in [0.15, 0.2) is 0 Å². The van der Waals surface area contributed by atoms with E-state index in [9.17, 15) is 0 Å². The molecule has 0 heterocycles. The van der Waals surface area contributed by atoms with Gasteiger partial charge in [0.1, 0.15) is 0 Å². The Balaban J connectivity index is 2.55. The van der Waals surface area contributed by atoms with Crippen LogP contribution in [-0.4, -0.2) is 31.1 Å². The molecule has 0 aliphatic rings. The molecule has 1 N–H and O–H groups in total. The van der Waals surface area contributed by atoms with E-state index in [2.05, 4.69) is 71.3 Å². The molecule has 1 aromatic rings. The Bertz CT molecular complexity index is 336. The summed E-state index contributed by atoms with van der Waals surface area (Å²) in [6.07, 6.45) is 0. The van der Waals surface area contributed by atoms with Crippen LogP contribution in [0.15, 0.2) is 28.7 Å². The predicted molar refractivity (Wildman–Crippen MR) is 73.6 cm³/mol. The van der Waals surface area contributed by atoms with Crippen molar-refractivity contribution in [1.82, 2.24) is 10.2 Å². The fraction of sp³-hybridized carbons (Fsp3) is 0.538. The van der Waals surface area contributed by atoms with Gasteiger partial charge in [0.05, 0.1) is 0 Å². The van der Waals surface area contributed by atoms with Gasteiger partial charge in [-0.3, -0.25) is 0 Å². The standard InChI is InChI=1S/C13H21BrN2/c1-13(2,15-3)10-16(4)9-11-6-5-7-12(14)8-11/h5-8,15H,9-10H2,1-4H3. The topological polar surface area (TPSA) is 15.3 Å². The lowest BCUT2D eigenvalue weighted by molar-refractivity contribution is 0.238. The molecule has 0 unspecified atom stereocenters. The number of hydrogen-bond donors (Lipinski definition) is 1. The summed E-state index contributed by atoms with van der Waals surface area (Å²) in [5.74, 6) is 0. The number of halogens is 1. The van der Waals surface area contributed by atoms with Crippen LogP contribution < -0.4 is 5.32 Å². The lowest BCUT2D eigenvalue weighted by Gasteiger charge is -2.30. The van der Waals surface area contributed by atoms with E-state index in [-0.39, 0.29) is 5.54 Å². The minimum atomic E-state index is 0.154. The summed E-state index contributed by atoms with van der Waals surface area (Å²) in [4.78, 5) is 2.33. The SMILES string of the molecule is CNC(C)(C)CN(C)Cc1cccc(Br)c1. The average molecular weight is 285 g/mol. The molecule has 0 amide bonds. The third-order valence-electron chi connectivity index (χ3n) is 2.68. The highest BCUT2D eigenvalue weighted by Crippen LogP contribution is 2.14. The number of nitrogens with zero attached hydrogens (tertiary/aromatic N) is 1. The molecule has 0 aromatic heterocycles. The normalized spacial score (nSPS) is 12.1. The first kappa shape index (κ1) is 13.7. The average Bonchev–Trinajstić information content (AvgIpc) is 2.16. The predicted octanol–water partition coefficient (Wildman–Crippen LogP) is 2.88. The Hall–Kier alpha value is -0.380. The highest BCUT2D eigenvalue weighted by Gasteiger charge is 2.17. The van der Waals surface area contributed by atoms with Gasteiger partial charge in [0, 0.05) is 23.1 Å². The summed E-state index contributed by atoms with van der Waals surface area (Å²) in [6, 6.07) is 8.47. The van der Waals surface area contributed by atoms with Crippen molar-refractivity contribution in [3.63, 3.8) is 0 Å². The van der Waals surface area contributed by atoms with Crippen LogP contribution in [-0.2, 0) is 6.54 Å². The highest BCUT2D eigenvalue weighted by atomic mass is 79.9. The first-order valence-corrected chi connectivity index (χ1v) is 6.34. The molecule has 0 saturated carbocycles. The Labute approximate surface area is 107 Å². The van der Waals surface area contributed by atoms with E-state index in [0.29, 0.717) is 0 Å². The second kappa shape index (κ2) is 5.80. The van der Waals surface area contributed by atoms with Crippen LogP contribution in [0.4, 0.5) is 0 Å². The number of rotatable bonds is 5. The van der Waals surface area contributed by atoms with E-state index >= 15 is 0 Å². The summed E-state index contributed by atoms with van der Waals surface area (Å²) in [5, 5.41) is 3.32. The van der Waals surface area contributed by atoms with Crippen molar-refractivity contribution in [3.8, 4) is 0 Å². The molecule has 90 valence electrons. The third kappa shape index (κ3) is 4.64. The van der Waals surface area contributed by atoms with Crippen LogP contribution in [0.2, 0.25) is 0 Å². The zero-order valence-electron chi connectivity index (χ0n) is 10.5. The summed E-state index contributed by atoms with van der Waals surface area (Å²) >= 11 is 3.50. The van der Waals surface area contributed by atoms with Gasteiger partial charge in [-0.25, -0.2) is 0 Å². The largest absolute Gasteiger partial charge is 0.314 e. The van der Waals surface area contributed by atoms with Crippen LogP contribution in [0.25, 0.3) is 0 Å². The molecular formula is C13H21BrN2. The van der Waals surface area contributed by atoms with Crippen molar-refractivity contribution in [2.45, 2.75) is 25.9 Å². The molecular weight excluding hydrogens is 264 g/mol. The van der Waals surface area contributed by atoms with Crippen molar-refractivity contribution < 1.29 is 0 Å². The Morgan fingerprint density at radius 2 is 2.06 bits per heavy atom. The lowest BCUT2D eigenvalue weighted by atomic mass is 10.1. The monoisotopic (exact) mass is 284 g/mol. The molecule has 0 bridgehead atoms. The molecule has 1 aromatic carbocycles. The number of hydrogen-bond acceptors (Lipinski definition) is 2. The van der Waals surface area contributed by atoms with E-state index in [4.69, 9.17) is 0 Å². The quantitative estimate of drug-likeness (QED) is 0.895. The van der Waals surface area contributed by atoms with Gasteiger partial charge in [-0.05, 0) is 45.6 Å². The van der Waals surface area contributed by atoms with Gasteiger partial charge >= 0.3 is 0 Å². The van der Waals surface area contributed by atoms with Gasteiger partial charge in [-0.1, -0.05) is 28.1 Å².